The Hall–Kier alpha value is -3.42. The average molecular weight is 356 g/mol. The smallest absolute Gasteiger partial charge is 0.261 e. The summed E-state index contributed by atoms with van der Waals surface area (Å²) in [5.74, 6) is 1.75. The van der Waals surface area contributed by atoms with Gasteiger partial charge in [0.1, 0.15) is 11.4 Å². The summed E-state index contributed by atoms with van der Waals surface area (Å²) in [6.45, 7) is 0. The quantitative estimate of drug-likeness (QED) is 0.734. The molecule has 0 aliphatic heterocycles. The molecule has 0 fully saturated rings. The summed E-state index contributed by atoms with van der Waals surface area (Å²) in [5, 5.41) is 7.05. The van der Waals surface area contributed by atoms with Gasteiger partial charge in [-0.2, -0.15) is 5.10 Å². The third kappa shape index (κ3) is 3.08. The van der Waals surface area contributed by atoms with Crippen molar-refractivity contribution in [3.8, 4) is 23.1 Å². The molecule has 0 radical (unpaired) electrons. The number of hydrogen-bond donors (Lipinski definition) is 1. The van der Waals surface area contributed by atoms with E-state index >= 15 is 0 Å². The van der Waals surface area contributed by atoms with E-state index in [0.717, 1.165) is 0 Å². The number of nitrogens with one attached hydrogen (secondary N) is 1. The summed E-state index contributed by atoms with van der Waals surface area (Å²) in [6.07, 6.45) is 5.24. The number of benzene rings is 1. The zero-order chi connectivity index (χ0) is 18.7. The number of methoxy groups -OCH3 is 3. The van der Waals surface area contributed by atoms with Gasteiger partial charge >= 0.3 is 0 Å². The maximum Gasteiger partial charge on any atom is 0.261 e. The van der Waals surface area contributed by atoms with E-state index in [0.29, 0.717) is 34.3 Å². The molecular formula is C18H20N4O4. The maximum atomic E-state index is 12.8. The maximum absolute atomic E-state index is 12.8. The molecule has 8 heteroatoms. The van der Waals surface area contributed by atoms with Crippen LogP contribution >= 0.6 is 0 Å². The fraction of sp³-hybridized carbons (Fsp3) is 0.222. The molecule has 0 bridgehead atoms. The topological polar surface area (TPSA) is 79.5 Å². The number of nitrogens with zero attached hydrogens (tertiary/aromatic N) is 3. The monoisotopic (exact) mass is 356 g/mol. The van der Waals surface area contributed by atoms with E-state index in [1.807, 2.05) is 29.1 Å². The Labute approximate surface area is 150 Å². The van der Waals surface area contributed by atoms with Crippen LogP contribution in [0.3, 0.4) is 0 Å². The second-order valence-electron chi connectivity index (χ2n) is 5.46. The summed E-state index contributed by atoms with van der Waals surface area (Å²) in [7, 11) is 6.35. The first-order chi connectivity index (χ1) is 12.6. The Morgan fingerprint density at radius 2 is 1.65 bits per heavy atom. The van der Waals surface area contributed by atoms with Gasteiger partial charge in [0, 0.05) is 37.3 Å². The number of amides is 1. The van der Waals surface area contributed by atoms with Crippen LogP contribution in [-0.2, 0) is 7.05 Å². The zero-order valence-corrected chi connectivity index (χ0v) is 15.0. The highest BCUT2D eigenvalue weighted by Crippen LogP contribution is 2.40. The van der Waals surface area contributed by atoms with Gasteiger partial charge in [-0.15, -0.1) is 0 Å². The van der Waals surface area contributed by atoms with E-state index in [-0.39, 0.29) is 5.91 Å². The first kappa shape index (κ1) is 17.4. The third-order valence-electron chi connectivity index (χ3n) is 3.92. The van der Waals surface area contributed by atoms with Crippen molar-refractivity contribution in [1.82, 2.24) is 14.3 Å². The zero-order valence-electron chi connectivity index (χ0n) is 15.0. The molecule has 0 saturated carbocycles. The van der Waals surface area contributed by atoms with E-state index in [1.54, 1.807) is 23.9 Å². The normalized spacial score (nSPS) is 10.5. The summed E-state index contributed by atoms with van der Waals surface area (Å²) >= 11 is 0. The minimum absolute atomic E-state index is 0.295. The molecule has 0 saturated heterocycles. The molecule has 26 heavy (non-hydrogen) atoms. The van der Waals surface area contributed by atoms with Crippen LogP contribution in [0.2, 0.25) is 0 Å². The summed E-state index contributed by atoms with van der Waals surface area (Å²) < 4.78 is 19.4. The van der Waals surface area contributed by atoms with Crippen LogP contribution in [0.15, 0.2) is 42.9 Å². The van der Waals surface area contributed by atoms with Crippen LogP contribution in [0.1, 0.15) is 10.4 Å². The molecule has 3 rings (SSSR count). The summed E-state index contributed by atoms with van der Waals surface area (Å²) in [6, 6.07) is 7.11. The van der Waals surface area contributed by atoms with E-state index in [9.17, 15) is 4.79 Å². The van der Waals surface area contributed by atoms with Crippen LogP contribution in [-0.4, -0.2) is 41.6 Å². The number of ether oxygens (including phenoxy) is 3. The first-order valence-electron chi connectivity index (χ1n) is 7.85. The van der Waals surface area contributed by atoms with Gasteiger partial charge in [0.05, 0.1) is 27.5 Å². The van der Waals surface area contributed by atoms with Gasteiger partial charge in [-0.25, -0.2) is 0 Å². The highest BCUT2D eigenvalue weighted by atomic mass is 16.5. The molecule has 2 aromatic heterocycles. The minimum Gasteiger partial charge on any atom is -0.493 e. The highest BCUT2D eigenvalue weighted by molar-refractivity contribution is 6.06. The highest BCUT2D eigenvalue weighted by Gasteiger charge is 2.19. The summed E-state index contributed by atoms with van der Waals surface area (Å²) in [5.41, 5.74) is 0.962. The van der Waals surface area contributed by atoms with Crippen molar-refractivity contribution in [2.24, 2.45) is 7.05 Å². The number of aromatic nitrogens is 3. The van der Waals surface area contributed by atoms with E-state index in [1.165, 1.54) is 27.5 Å². The van der Waals surface area contributed by atoms with Gasteiger partial charge < -0.3 is 24.1 Å². The van der Waals surface area contributed by atoms with Crippen LogP contribution < -0.4 is 19.5 Å². The van der Waals surface area contributed by atoms with Crippen molar-refractivity contribution in [3.05, 3.63) is 48.4 Å². The Morgan fingerprint density at radius 1 is 1.04 bits per heavy atom. The van der Waals surface area contributed by atoms with Gasteiger partial charge in [0.25, 0.3) is 5.91 Å². The predicted molar refractivity (Wildman–Crippen MR) is 96.6 cm³/mol. The van der Waals surface area contributed by atoms with E-state index < -0.39 is 0 Å². The van der Waals surface area contributed by atoms with Crippen molar-refractivity contribution in [2.75, 3.05) is 26.6 Å². The second kappa shape index (κ2) is 7.22. The Kier molecular flexibility index (Phi) is 4.83. The molecule has 136 valence electrons. The Morgan fingerprint density at radius 3 is 2.19 bits per heavy atom. The number of anilines is 1. The lowest BCUT2D eigenvalue weighted by Gasteiger charge is -2.15. The molecule has 1 amide bonds. The lowest BCUT2D eigenvalue weighted by atomic mass is 10.2. The minimum atomic E-state index is -0.295. The molecule has 0 aliphatic rings. The number of carbonyl (C=O) groups is 1. The van der Waals surface area contributed by atoms with Gasteiger partial charge in [-0.3, -0.25) is 9.48 Å². The van der Waals surface area contributed by atoms with Crippen LogP contribution in [0.4, 0.5) is 5.69 Å². The molecule has 0 aliphatic carbocycles. The van der Waals surface area contributed by atoms with Crippen molar-refractivity contribution in [2.45, 2.75) is 0 Å². The Bertz CT molecular complexity index is 890. The molecule has 2 heterocycles. The average Bonchev–Trinajstić information content (AvgIpc) is 3.29. The number of aryl methyl sites for hydroxylation is 1. The third-order valence-corrected chi connectivity index (χ3v) is 3.92. The van der Waals surface area contributed by atoms with Crippen molar-refractivity contribution in [3.63, 3.8) is 0 Å². The predicted octanol–water partition coefficient (Wildman–Crippen LogP) is 2.49. The number of carbonyl (C=O) groups excluding carboxylic acids is 1. The lowest BCUT2D eigenvalue weighted by Crippen LogP contribution is -2.15. The van der Waals surface area contributed by atoms with Gasteiger partial charge in [-0.05, 0) is 12.1 Å². The van der Waals surface area contributed by atoms with Crippen molar-refractivity contribution in [1.29, 1.82) is 0 Å². The largest absolute Gasteiger partial charge is 0.493 e. The molecule has 1 N–H and O–H groups in total. The second-order valence-corrected chi connectivity index (χ2v) is 5.46. The molecule has 0 spiro atoms. The summed E-state index contributed by atoms with van der Waals surface area (Å²) in [4.78, 5) is 12.8. The standard InChI is InChI=1S/C18H20N4O4/c1-21-18(22-7-5-6-8-22)13(11-19-21)17(23)20-12-9-14(24-2)16(26-4)15(10-12)25-3/h5-11H,1-4H3,(H,20,23). The van der Waals surface area contributed by atoms with Crippen molar-refractivity contribution >= 4 is 11.6 Å². The lowest BCUT2D eigenvalue weighted by molar-refractivity contribution is 0.102. The van der Waals surface area contributed by atoms with Crippen LogP contribution in [0, 0.1) is 0 Å². The van der Waals surface area contributed by atoms with Gasteiger partial charge in [0.15, 0.2) is 11.5 Å². The fourth-order valence-corrected chi connectivity index (χ4v) is 2.72. The van der Waals surface area contributed by atoms with Crippen molar-refractivity contribution < 1.29 is 19.0 Å². The fourth-order valence-electron chi connectivity index (χ4n) is 2.72. The SMILES string of the molecule is COc1cc(NC(=O)c2cnn(C)c2-n2cccc2)cc(OC)c1OC. The van der Waals surface area contributed by atoms with Gasteiger partial charge in [-0.1, -0.05) is 0 Å². The number of rotatable bonds is 6. The van der Waals surface area contributed by atoms with E-state index in [4.69, 9.17) is 14.2 Å². The van der Waals surface area contributed by atoms with Crippen LogP contribution in [0.5, 0.6) is 17.2 Å². The molecule has 0 unspecified atom stereocenters. The van der Waals surface area contributed by atoms with Crippen LogP contribution in [0.25, 0.3) is 5.82 Å². The van der Waals surface area contributed by atoms with Gasteiger partial charge in [0.2, 0.25) is 5.75 Å². The molecule has 0 atom stereocenters. The molecular weight excluding hydrogens is 336 g/mol. The molecule has 1 aromatic carbocycles. The number of hydrogen-bond acceptors (Lipinski definition) is 5. The Balaban J connectivity index is 1.95. The molecule has 8 nitrogen and oxygen atoms in total. The van der Waals surface area contributed by atoms with E-state index in [2.05, 4.69) is 10.4 Å². The molecule has 3 aromatic rings. The first-order valence-corrected chi connectivity index (χ1v) is 7.85.